The van der Waals surface area contributed by atoms with Gasteiger partial charge in [0.05, 0.1) is 6.04 Å². The predicted molar refractivity (Wildman–Crippen MR) is 156 cm³/mol. The van der Waals surface area contributed by atoms with E-state index in [1.54, 1.807) is 0 Å². The highest BCUT2D eigenvalue weighted by atomic mass is 16.3. The first-order valence-electron chi connectivity index (χ1n) is 15.6. The largest absolute Gasteiger partial charge is 0.396 e. The van der Waals surface area contributed by atoms with Crippen LogP contribution < -0.4 is 21.3 Å². The van der Waals surface area contributed by atoms with Gasteiger partial charge in [0.25, 0.3) is 0 Å². The van der Waals surface area contributed by atoms with Gasteiger partial charge >= 0.3 is 0 Å². The van der Waals surface area contributed by atoms with Crippen molar-refractivity contribution in [3.05, 3.63) is 12.2 Å². The van der Waals surface area contributed by atoms with E-state index in [1.807, 2.05) is 6.92 Å². The van der Waals surface area contributed by atoms with Gasteiger partial charge in [-0.3, -0.25) is 20.7 Å². The molecule has 0 spiro atoms. The second kappa shape index (κ2) is 19.1. The summed E-state index contributed by atoms with van der Waals surface area (Å²) in [6.07, 6.45) is 13.2. The SMILES string of the molecule is CC[C@H](NC(O)C(CC(C)C)NC(=O)CC1CCCCC1)C(O)NC(CC1CC=CCC1)C(O)NCCCO. The molecular weight excluding hydrogens is 496 g/mol. The topological polar surface area (TPSA) is 146 Å². The lowest BCUT2D eigenvalue weighted by Gasteiger charge is -2.36. The molecule has 0 aromatic rings. The van der Waals surface area contributed by atoms with Gasteiger partial charge in [0.1, 0.15) is 18.7 Å². The van der Waals surface area contributed by atoms with Gasteiger partial charge in [-0.15, -0.1) is 0 Å². The molecule has 1 saturated carbocycles. The summed E-state index contributed by atoms with van der Waals surface area (Å²) in [5.74, 6) is 1.09. The van der Waals surface area contributed by atoms with Crippen LogP contribution in [0.3, 0.4) is 0 Å². The van der Waals surface area contributed by atoms with Gasteiger partial charge in [0.15, 0.2) is 0 Å². The Hall–Kier alpha value is -1.07. The molecule has 0 heterocycles. The zero-order chi connectivity index (χ0) is 28.6. The number of amides is 1. The molecular formula is C30H58N4O5. The second-order valence-electron chi connectivity index (χ2n) is 12.2. The Labute approximate surface area is 236 Å². The number of hydrogen-bond acceptors (Lipinski definition) is 8. The number of nitrogens with one attached hydrogen (secondary N) is 4. The van der Waals surface area contributed by atoms with E-state index in [9.17, 15) is 20.1 Å². The minimum Gasteiger partial charge on any atom is -0.396 e. The highest BCUT2D eigenvalue weighted by Gasteiger charge is 2.31. The first-order chi connectivity index (χ1) is 18.7. The highest BCUT2D eigenvalue weighted by molar-refractivity contribution is 5.76. The minimum atomic E-state index is -1.02. The van der Waals surface area contributed by atoms with Crippen LogP contribution in [-0.2, 0) is 4.79 Å². The van der Waals surface area contributed by atoms with E-state index in [2.05, 4.69) is 47.3 Å². The van der Waals surface area contributed by atoms with E-state index >= 15 is 0 Å². The van der Waals surface area contributed by atoms with Gasteiger partial charge in [-0.05, 0) is 82.1 Å². The summed E-state index contributed by atoms with van der Waals surface area (Å²) >= 11 is 0. The van der Waals surface area contributed by atoms with Crippen LogP contribution in [0.5, 0.6) is 0 Å². The number of allylic oxidation sites excluding steroid dienone is 2. The van der Waals surface area contributed by atoms with Crippen LogP contribution in [0.25, 0.3) is 0 Å². The van der Waals surface area contributed by atoms with E-state index in [1.165, 1.54) is 19.3 Å². The molecule has 9 nitrogen and oxygen atoms in total. The van der Waals surface area contributed by atoms with Crippen LogP contribution >= 0.6 is 0 Å². The smallest absolute Gasteiger partial charge is 0.220 e. The Morgan fingerprint density at radius 2 is 1.59 bits per heavy atom. The number of carbonyl (C=O) groups excluding carboxylic acids is 1. The number of hydrogen-bond donors (Lipinski definition) is 8. The summed E-state index contributed by atoms with van der Waals surface area (Å²) < 4.78 is 0. The first-order valence-corrected chi connectivity index (χ1v) is 15.6. The summed E-state index contributed by atoms with van der Waals surface area (Å²) in [4.78, 5) is 12.8. The van der Waals surface area contributed by atoms with Crippen molar-refractivity contribution in [3.8, 4) is 0 Å². The Bertz CT molecular complexity index is 688. The van der Waals surface area contributed by atoms with Crippen LogP contribution in [-0.4, -0.2) is 76.3 Å². The number of rotatable bonds is 19. The quantitative estimate of drug-likeness (QED) is 0.0691. The van der Waals surface area contributed by atoms with Crippen molar-refractivity contribution < 1.29 is 25.2 Å². The molecule has 9 heteroatoms. The third-order valence-corrected chi connectivity index (χ3v) is 8.28. The van der Waals surface area contributed by atoms with Gasteiger partial charge in [0, 0.05) is 25.1 Å². The van der Waals surface area contributed by atoms with Gasteiger partial charge in [-0.2, -0.15) is 0 Å². The van der Waals surface area contributed by atoms with Crippen molar-refractivity contribution in [2.24, 2.45) is 17.8 Å². The maximum atomic E-state index is 12.8. The lowest BCUT2D eigenvalue weighted by Crippen LogP contribution is -2.61. The number of carbonyl (C=O) groups is 1. The molecule has 1 amide bonds. The standard InChI is InChI=1S/C30H58N4O5/c1-4-24(29(38)34-26(28(37)31-16-11-17-35)19-22-12-7-5-8-13-22)33-30(39)25(18-21(2)3)32-27(36)20-23-14-9-6-10-15-23/h5,7,21-26,28-31,33-35,37-39H,4,6,8-20H2,1-3H3,(H,32,36)/t22?,24-,25?,26?,28?,29?,30?/m0/s1. The Morgan fingerprint density at radius 1 is 0.897 bits per heavy atom. The predicted octanol–water partition coefficient (Wildman–Crippen LogP) is 2.49. The number of aliphatic hydroxyl groups is 4. The fraction of sp³-hybridized carbons (Fsp3) is 0.900. The van der Waals surface area contributed by atoms with Gasteiger partial charge in [-0.25, -0.2) is 0 Å². The van der Waals surface area contributed by atoms with Gasteiger partial charge in [0.2, 0.25) is 5.91 Å². The van der Waals surface area contributed by atoms with Crippen LogP contribution in [0.15, 0.2) is 12.2 Å². The maximum Gasteiger partial charge on any atom is 0.220 e. The maximum absolute atomic E-state index is 12.8. The molecule has 6 unspecified atom stereocenters. The normalized spacial score (nSPS) is 23.2. The van der Waals surface area contributed by atoms with Crippen LogP contribution in [0.4, 0.5) is 0 Å². The zero-order valence-electron chi connectivity index (χ0n) is 24.7. The molecule has 39 heavy (non-hydrogen) atoms. The van der Waals surface area contributed by atoms with Crippen LogP contribution in [0, 0.1) is 17.8 Å². The molecule has 8 N–H and O–H groups in total. The number of aliphatic hydroxyl groups excluding tert-OH is 4. The summed E-state index contributed by atoms with van der Waals surface area (Å²) in [6.45, 7) is 6.59. The lowest BCUT2D eigenvalue weighted by atomic mass is 9.86. The minimum absolute atomic E-state index is 0.0150. The average Bonchev–Trinajstić information content (AvgIpc) is 2.91. The summed E-state index contributed by atoms with van der Waals surface area (Å²) in [5, 5.41) is 54.8. The van der Waals surface area contributed by atoms with E-state index in [-0.39, 0.29) is 18.4 Å². The monoisotopic (exact) mass is 554 g/mol. The molecule has 2 aliphatic carbocycles. The Kier molecular flexibility index (Phi) is 16.7. The van der Waals surface area contributed by atoms with E-state index in [0.717, 1.165) is 32.1 Å². The molecule has 0 saturated heterocycles. The molecule has 0 aromatic heterocycles. The molecule has 0 bridgehead atoms. The zero-order valence-corrected chi connectivity index (χ0v) is 24.7. The lowest BCUT2D eigenvalue weighted by molar-refractivity contribution is -0.124. The fourth-order valence-corrected chi connectivity index (χ4v) is 5.99. The fourth-order valence-electron chi connectivity index (χ4n) is 5.99. The van der Waals surface area contributed by atoms with Gasteiger partial charge in [-0.1, -0.05) is 52.2 Å². The van der Waals surface area contributed by atoms with Crippen molar-refractivity contribution in [3.63, 3.8) is 0 Å². The van der Waals surface area contributed by atoms with Crippen molar-refractivity contribution in [2.75, 3.05) is 13.2 Å². The van der Waals surface area contributed by atoms with Crippen molar-refractivity contribution in [2.45, 2.75) is 141 Å². The molecule has 2 rings (SSSR count). The van der Waals surface area contributed by atoms with Gasteiger partial charge < -0.3 is 25.7 Å². The molecule has 0 radical (unpaired) electrons. The average molecular weight is 555 g/mol. The van der Waals surface area contributed by atoms with Crippen molar-refractivity contribution in [1.29, 1.82) is 0 Å². The molecule has 1 fully saturated rings. The Balaban J connectivity index is 1.99. The summed E-state index contributed by atoms with van der Waals surface area (Å²) in [5.41, 5.74) is 0. The molecule has 7 atom stereocenters. The molecule has 0 aliphatic heterocycles. The van der Waals surface area contributed by atoms with Crippen LogP contribution in [0.1, 0.15) is 104 Å². The molecule has 0 aromatic carbocycles. The van der Waals surface area contributed by atoms with Crippen molar-refractivity contribution in [1.82, 2.24) is 21.3 Å². The third kappa shape index (κ3) is 13.4. The van der Waals surface area contributed by atoms with E-state index < -0.39 is 36.8 Å². The molecule has 228 valence electrons. The first kappa shape index (κ1) is 34.1. The summed E-state index contributed by atoms with van der Waals surface area (Å²) in [7, 11) is 0. The second-order valence-corrected chi connectivity index (χ2v) is 12.2. The Morgan fingerprint density at radius 3 is 2.21 bits per heavy atom. The summed E-state index contributed by atoms with van der Waals surface area (Å²) in [6, 6.07) is -1.34. The van der Waals surface area contributed by atoms with E-state index in [4.69, 9.17) is 5.11 Å². The molecule has 2 aliphatic rings. The third-order valence-electron chi connectivity index (χ3n) is 8.28. The van der Waals surface area contributed by atoms with Crippen molar-refractivity contribution >= 4 is 5.91 Å². The van der Waals surface area contributed by atoms with E-state index in [0.29, 0.717) is 50.5 Å². The van der Waals surface area contributed by atoms with Crippen LogP contribution in [0.2, 0.25) is 0 Å². The highest BCUT2D eigenvalue weighted by Crippen LogP contribution is 2.26.